The van der Waals surface area contributed by atoms with Crippen LogP contribution in [-0.2, 0) is 4.79 Å². The van der Waals surface area contributed by atoms with E-state index >= 15 is 0 Å². The molecule has 0 fully saturated rings. The summed E-state index contributed by atoms with van der Waals surface area (Å²) in [5, 5.41) is 6.29. The zero-order valence-corrected chi connectivity index (χ0v) is 12.0. The van der Waals surface area contributed by atoms with Crippen LogP contribution in [0.15, 0.2) is 0 Å². The van der Waals surface area contributed by atoms with Gasteiger partial charge in [-0.15, -0.1) is 0 Å². The Hall–Kier alpha value is -0.220. The first-order valence-corrected chi connectivity index (χ1v) is 7.30. The smallest absolute Gasteiger partial charge is 0.237 e. The molecule has 0 aliphatic carbocycles. The molecule has 0 aromatic rings. The normalized spacial score (nSPS) is 16.6. The third kappa shape index (κ3) is 7.12. The van der Waals surface area contributed by atoms with E-state index < -0.39 is 0 Å². The van der Waals surface area contributed by atoms with Crippen LogP contribution in [0.25, 0.3) is 0 Å². The summed E-state index contributed by atoms with van der Waals surface area (Å²) < 4.78 is 0. The molecule has 0 aliphatic rings. The Bertz CT molecular complexity index is 199. The fraction of sp³-hybridized carbons (Fsp3) is 0.917. The predicted octanol–water partition coefficient (Wildman–Crippen LogP) is 2.02. The van der Waals surface area contributed by atoms with E-state index in [0.29, 0.717) is 6.04 Å². The van der Waals surface area contributed by atoms with E-state index in [9.17, 15) is 4.79 Å². The second-order valence-corrected chi connectivity index (χ2v) is 5.59. The third-order valence-electron chi connectivity index (χ3n) is 2.50. The Morgan fingerprint density at radius 2 is 1.81 bits per heavy atom. The van der Waals surface area contributed by atoms with Crippen molar-refractivity contribution in [1.29, 1.82) is 0 Å². The van der Waals surface area contributed by atoms with Gasteiger partial charge in [-0.25, -0.2) is 0 Å². The van der Waals surface area contributed by atoms with Crippen molar-refractivity contribution in [3.05, 3.63) is 0 Å². The van der Waals surface area contributed by atoms with Crippen LogP contribution in [0.4, 0.5) is 0 Å². The van der Waals surface area contributed by atoms with Gasteiger partial charge in [-0.1, -0.05) is 13.8 Å². The summed E-state index contributed by atoms with van der Waals surface area (Å²) in [5.41, 5.74) is 0. The minimum atomic E-state index is -0.110. The van der Waals surface area contributed by atoms with Gasteiger partial charge in [0.05, 0.1) is 6.04 Å². The number of hydrogen-bond acceptors (Lipinski definition) is 3. The number of thioether (sulfide) groups is 1. The zero-order chi connectivity index (χ0) is 12.6. The average Bonchev–Trinajstić information content (AvgIpc) is 2.25. The standard InChI is InChI=1S/C12H26N2OS/c1-6-9(3)14-12(15)11(5)13-10(4)8-16-7-2/h9-11,13H,6-8H2,1-5H3,(H,14,15). The molecule has 0 heterocycles. The molecule has 0 radical (unpaired) electrons. The molecule has 4 heteroatoms. The summed E-state index contributed by atoms with van der Waals surface area (Å²) in [5.74, 6) is 2.28. The molecule has 0 aromatic heterocycles. The van der Waals surface area contributed by atoms with Crippen molar-refractivity contribution in [2.24, 2.45) is 0 Å². The molecular weight excluding hydrogens is 220 g/mol. The fourth-order valence-corrected chi connectivity index (χ4v) is 2.00. The molecule has 16 heavy (non-hydrogen) atoms. The van der Waals surface area contributed by atoms with Crippen LogP contribution in [0.1, 0.15) is 41.0 Å². The highest BCUT2D eigenvalue weighted by Gasteiger charge is 2.16. The van der Waals surface area contributed by atoms with Gasteiger partial charge >= 0.3 is 0 Å². The molecule has 3 atom stereocenters. The SMILES string of the molecule is CCSCC(C)NC(C)C(=O)NC(C)CC. The van der Waals surface area contributed by atoms with Gasteiger partial charge in [-0.05, 0) is 32.9 Å². The lowest BCUT2D eigenvalue weighted by Crippen LogP contribution is -2.48. The van der Waals surface area contributed by atoms with Gasteiger partial charge in [0, 0.05) is 17.8 Å². The average molecular weight is 246 g/mol. The summed E-state index contributed by atoms with van der Waals surface area (Å²) in [7, 11) is 0. The van der Waals surface area contributed by atoms with Crippen molar-refractivity contribution in [3.63, 3.8) is 0 Å². The van der Waals surface area contributed by atoms with Gasteiger partial charge in [-0.2, -0.15) is 11.8 Å². The Kier molecular flexibility index (Phi) is 8.76. The van der Waals surface area contributed by atoms with Crippen LogP contribution in [0.2, 0.25) is 0 Å². The van der Waals surface area contributed by atoms with Crippen molar-refractivity contribution in [1.82, 2.24) is 10.6 Å². The number of carbonyl (C=O) groups is 1. The Morgan fingerprint density at radius 1 is 1.19 bits per heavy atom. The van der Waals surface area contributed by atoms with Gasteiger partial charge in [0.15, 0.2) is 0 Å². The van der Waals surface area contributed by atoms with Crippen LogP contribution >= 0.6 is 11.8 Å². The van der Waals surface area contributed by atoms with E-state index in [1.807, 2.05) is 25.6 Å². The number of rotatable bonds is 8. The zero-order valence-electron chi connectivity index (χ0n) is 11.2. The van der Waals surface area contributed by atoms with Crippen molar-refractivity contribution in [3.8, 4) is 0 Å². The monoisotopic (exact) mass is 246 g/mol. The molecule has 0 bridgehead atoms. The highest BCUT2D eigenvalue weighted by Crippen LogP contribution is 2.02. The molecule has 3 unspecified atom stereocenters. The molecule has 0 rings (SSSR count). The van der Waals surface area contributed by atoms with Crippen LogP contribution in [-0.4, -0.2) is 35.5 Å². The molecule has 0 spiro atoms. The molecule has 0 aliphatic heterocycles. The number of carbonyl (C=O) groups excluding carboxylic acids is 1. The fourth-order valence-electron chi connectivity index (χ4n) is 1.32. The van der Waals surface area contributed by atoms with Crippen molar-refractivity contribution in [2.75, 3.05) is 11.5 Å². The molecular formula is C12H26N2OS. The van der Waals surface area contributed by atoms with E-state index in [1.54, 1.807) is 0 Å². The van der Waals surface area contributed by atoms with Gasteiger partial charge in [0.25, 0.3) is 0 Å². The number of hydrogen-bond donors (Lipinski definition) is 2. The quantitative estimate of drug-likeness (QED) is 0.688. The summed E-state index contributed by atoms with van der Waals surface area (Å²) in [4.78, 5) is 11.7. The lowest BCUT2D eigenvalue weighted by atomic mass is 10.2. The number of nitrogens with one attached hydrogen (secondary N) is 2. The largest absolute Gasteiger partial charge is 0.352 e. The molecule has 1 amide bonds. The van der Waals surface area contributed by atoms with Crippen LogP contribution in [0, 0.1) is 0 Å². The number of amides is 1. The van der Waals surface area contributed by atoms with Crippen molar-refractivity contribution in [2.45, 2.75) is 59.2 Å². The molecule has 0 aromatic carbocycles. The molecule has 3 nitrogen and oxygen atoms in total. The van der Waals surface area contributed by atoms with Crippen LogP contribution in [0.5, 0.6) is 0 Å². The van der Waals surface area contributed by atoms with E-state index in [-0.39, 0.29) is 18.0 Å². The van der Waals surface area contributed by atoms with E-state index in [1.165, 1.54) is 0 Å². The topological polar surface area (TPSA) is 41.1 Å². The maximum Gasteiger partial charge on any atom is 0.237 e. The van der Waals surface area contributed by atoms with Crippen molar-refractivity contribution >= 4 is 17.7 Å². The van der Waals surface area contributed by atoms with Gasteiger partial charge < -0.3 is 10.6 Å². The Labute approximate surface area is 104 Å². The lowest BCUT2D eigenvalue weighted by molar-refractivity contribution is -0.123. The second-order valence-electron chi connectivity index (χ2n) is 4.27. The second kappa shape index (κ2) is 8.88. The van der Waals surface area contributed by atoms with Gasteiger partial charge in [-0.3, -0.25) is 4.79 Å². The minimum Gasteiger partial charge on any atom is -0.352 e. The van der Waals surface area contributed by atoms with E-state index in [0.717, 1.165) is 17.9 Å². The predicted molar refractivity (Wildman–Crippen MR) is 73.0 cm³/mol. The molecule has 96 valence electrons. The summed E-state index contributed by atoms with van der Waals surface area (Å²) in [6.07, 6.45) is 0.972. The molecule has 0 saturated heterocycles. The van der Waals surface area contributed by atoms with Crippen LogP contribution in [0.3, 0.4) is 0 Å². The van der Waals surface area contributed by atoms with Gasteiger partial charge in [0.2, 0.25) is 5.91 Å². The Balaban J connectivity index is 3.85. The van der Waals surface area contributed by atoms with Crippen LogP contribution < -0.4 is 10.6 Å². The molecule has 2 N–H and O–H groups in total. The first-order chi connectivity index (χ1) is 7.51. The summed E-state index contributed by atoms with van der Waals surface area (Å²) >= 11 is 1.89. The third-order valence-corrected chi connectivity index (χ3v) is 3.64. The van der Waals surface area contributed by atoms with Crippen molar-refractivity contribution < 1.29 is 4.79 Å². The first kappa shape index (κ1) is 15.8. The summed E-state index contributed by atoms with van der Waals surface area (Å²) in [6.45, 7) is 10.3. The highest BCUT2D eigenvalue weighted by molar-refractivity contribution is 7.99. The maximum atomic E-state index is 11.7. The maximum absolute atomic E-state index is 11.7. The first-order valence-electron chi connectivity index (χ1n) is 6.15. The minimum absolute atomic E-state index is 0.0997. The Morgan fingerprint density at radius 3 is 2.31 bits per heavy atom. The molecule has 0 saturated carbocycles. The summed E-state index contributed by atoms with van der Waals surface area (Å²) in [6, 6.07) is 0.529. The highest BCUT2D eigenvalue weighted by atomic mass is 32.2. The van der Waals surface area contributed by atoms with E-state index in [2.05, 4.69) is 31.4 Å². The van der Waals surface area contributed by atoms with Gasteiger partial charge in [0.1, 0.15) is 0 Å². The van der Waals surface area contributed by atoms with E-state index in [4.69, 9.17) is 0 Å². The lowest BCUT2D eigenvalue weighted by Gasteiger charge is -2.21.